The van der Waals surface area contributed by atoms with E-state index in [0.29, 0.717) is 24.1 Å². The van der Waals surface area contributed by atoms with Gasteiger partial charge < -0.3 is 23.8 Å². The van der Waals surface area contributed by atoms with E-state index in [-0.39, 0.29) is 12.2 Å². The van der Waals surface area contributed by atoms with Crippen LogP contribution in [0.15, 0.2) is 42.5 Å². The van der Waals surface area contributed by atoms with E-state index in [2.05, 4.69) is 32.7 Å². The van der Waals surface area contributed by atoms with Crippen LogP contribution in [0.3, 0.4) is 0 Å². The number of H-pyrrole nitrogens is 1. The lowest BCUT2D eigenvalue weighted by Crippen LogP contribution is -2.40. The number of piperidine rings is 1. The molecular formula is C24H28N4O4S. The predicted octanol–water partition coefficient (Wildman–Crippen LogP) is 4.38. The van der Waals surface area contributed by atoms with E-state index in [1.165, 1.54) is 0 Å². The predicted molar refractivity (Wildman–Crippen MR) is 129 cm³/mol. The molecule has 2 fully saturated rings. The van der Waals surface area contributed by atoms with Gasteiger partial charge >= 0.3 is 6.09 Å². The van der Waals surface area contributed by atoms with Gasteiger partial charge in [0.25, 0.3) is 0 Å². The third-order valence-electron chi connectivity index (χ3n) is 6.56. The van der Waals surface area contributed by atoms with Crippen LogP contribution >= 0.6 is 12.2 Å². The normalized spacial score (nSPS) is 19.8. The van der Waals surface area contributed by atoms with Crippen molar-refractivity contribution in [3.63, 3.8) is 0 Å². The molecule has 2 aromatic carbocycles. The van der Waals surface area contributed by atoms with E-state index >= 15 is 0 Å². The number of amides is 1. The molecule has 174 valence electrons. The number of cyclic esters (lactones) is 1. The number of carbonyl (C=O) groups excluding carboxylic acids is 1. The third-order valence-corrected chi connectivity index (χ3v) is 6.86. The fourth-order valence-electron chi connectivity index (χ4n) is 4.91. The van der Waals surface area contributed by atoms with Crippen molar-refractivity contribution >= 4 is 35.0 Å². The van der Waals surface area contributed by atoms with Gasteiger partial charge in [-0.2, -0.15) is 0 Å². The standard InChI is InChI=1S/C24H28N4O4S/c1-30-21-8-7-17(13-22(21)31-2)27-15-18(32-24(27)29)14-26-11-9-16(10-12-26)28-20-6-4-3-5-19(20)25-23(28)33/h3-8,13,16,18H,9-12,14-15H2,1-2H3,(H,25,33). The first kappa shape index (κ1) is 21.8. The van der Waals surface area contributed by atoms with Crippen LogP contribution in [0, 0.1) is 4.77 Å². The van der Waals surface area contributed by atoms with E-state index in [1.54, 1.807) is 31.3 Å². The van der Waals surface area contributed by atoms with Crippen LogP contribution in [-0.4, -0.2) is 67.0 Å². The highest BCUT2D eigenvalue weighted by Gasteiger charge is 2.35. The summed E-state index contributed by atoms with van der Waals surface area (Å²) in [5, 5.41) is 0. The summed E-state index contributed by atoms with van der Waals surface area (Å²) in [5.41, 5.74) is 2.99. The Balaban J connectivity index is 1.21. The van der Waals surface area contributed by atoms with Crippen LogP contribution in [0.4, 0.5) is 10.5 Å². The van der Waals surface area contributed by atoms with Gasteiger partial charge in [0.2, 0.25) is 0 Å². The minimum atomic E-state index is -0.327. The van der Waals surface area contributed by atoms with E-state index < -0.39 is 0 Å². The molecule has 2 aliphatic heterocycles. The Morgan fingerprint density at radius 1 is 1.09 bits per heavy atom. The molecule has 3 heterocycles. The summed E-state index contributed by atoms with van der Waals surface area (Å²) >= 11 is 5.60. The molecule has 8 nitrogen and oxygen atoms in total. The number of hydrogen-bond acceptors (Lipinski definition) is 6. The molecular weight excluding hydrogens is 440 g/mol. The molecule has 9 heteroatoms. The Hall–Kier alpha value is -3.04. The van der Waals surface area contributed by atoms with Crippen molar-refractivity contribution in [1.82, 2.24) is 14.5 Å². The highest BCUT2D eigenvalue weighted by Crippen LogP contribution is 2.33. The van der Waals surface area contributed by atoms with Gasteiger partial charge in [-0.3, -0.25) is 9.80 Å². The van der Waals surface area contributed by atoms with Gasteiger partial charge in [0.05, 0.1) is 37.5 Å². The number of carbonyl (C=O) groups is 1. The van der Waals surface area contributed by atoms with Crippen LogP contribution in [0.2, 0.25) is 0 Å². The van der Waals surface area contributed by atoms with Crippen LogP contribution < -0.4 is 14.4 Å². The summed E-state index contributed by atoms with van der Waals surface area (Å²) in [6, 6.07) is 14.1. The average Bonchev–Trinajstić information content (AvgIpc) is 3.37. The maximum atomic E-state index is 12.5. The van der Waals surface area contributed by atoms with Gasteiger partial charge in [0, 0.05) is 31.7 Å². The number of anilines is 1. The quantitative estimate of drug-likeness (QED) is 0.542. The van der Waals surface area contributed by atoms with Gasteiger partial charge in [0.15, 0.2) is 16.3 Å². The van der Waals surface area contributed by atoms with Crippen molar-refractivity contribution in [2.75, 3.05) is 45.3 Å². The second-order valence-corrected chi connectivity index (χ2v) is 8.89. The average molecular weight is 469 g/mol. The number of nitrogens with zero attached hydrogens (tertiary/aromatic N) is 3. The number of fused-ring (bicyclic) bond motifs is 1. The van der Waals surface area contributed by atoms with Crippen molar-refractivity contribution in [2.45, 2.75) is 25.0 Å². The van der Waals surface area contributed by atoms with Crippen LogP contribution in [0.5, 0.6) is 11.5 Å². The fraction of sp³-hybridized carbons (Fsp3) is 0.417. The van der Waals surface area contributed by atoms with Gasteiger partial charge in [-0.15, -0.1) is 0 Å². The van der Waals surface area contributed by atoms with Crippen LogP contribution in [-0.2, 0) is 4.74 Å². The lowest BCUT2D eigenvalue weighted by molar-refractivity contribution is 0.0927. The number of aromatic amines is 1. The van der Waals surface area contributed by atoms with Gasteiger partial charge in [-0.1, -0.05) is 12.1 Å². The Labute approximate surface area is 197 Å². The zero-order chi connectivity index (χ0) is 22.9. The number of methoxy groups -OCH3 is 2. The second kappa shape index (κ2) is 9.07. The third kappa shape index (κ3) is 4.18. The number of likely N-dealkylation sites (tertiary alicyclic amines) is 1. The molecule has 33 heavy (non-hydrogen) atoms. The fourth-order valence-corrected chi connectivity index (χ4v) is 5.26. The van der Waals surface area contributed by atoms with Crippen molar-refractivity contribution in [3.05, 3.63) is 47.2 Å². The van der Waals surface area contributed by atoms with Gasteiger partial charge in [-0.25, -0.2) is 4.79 Å². The molecule has 0 bridgehead atoms. The van der Waals surface area contributed by atoms with Gasteiger partial charge in [0.1, 0.15) is 6.10 Å². The number of nitrogens with one attached hydrogen (secondary N) is 1. The highest BCUT2D eigenvalue weighted by atomic mass is 32.1. The topological polar surface area (TPSA) is 72.0 Å². The Kier molecular flexibility index (Phi) is 5.99. The highest BCUT2D eigenvalue weighted by molar-refractivity contribution is 7.71. The minimum Gasteiger partial charge on any atom is -0.493 e. The lowest BCUT2D eigenvalue weighted by Gasteiger charge is -2.33. The Morgan fingerprint density at radius 3 is 2.61 bits per heavy atom. The van der Waals surface area contributed by atoms with Gasteiger partial charge in [-0.05, 0) is 49.3 Å². The zero-order valence-corrected chi connectivity index (χ0v) is 19.6. The Morgan fingerprint density at radius 2 is 1.85 bits per heavy atom. The number of para-hydroxylation sites is 2. The first-order valence-electron chi connectivity index (χ1n) is 11.2. The number of aromatic nitrogens is 2. The molecule has 1 amide bonds. The maximum absolute atomic E-state index is 12.5. The summed E-state index contributed by atoms with van der Waals surface area (Å²) in [4.78, 5) is 19.9. The minimum absolute atomic E-state index is 0.169. The number of hydrogen-bond donors (Lipinski definition) is 1. The zero-order valence-electron chi connectivity index (χ0n) is 18.8. The van der Waals surface area contributed by atoms with Crippen molar-refractivity contribution in [1.29, 1.82) is 0 Å². The number of rotatable bonds is 6. The largest absolute Gasteiger partial charge is 0.493 e. The van der Waals surface area contributed by atoms with Crippen molar-refractivity contribution in [3.8, 4) is 11.5 Å². The molecule has 2 aliphatic rings. The summed E-state index contributed by atoms with van der Waals surface area (Å²) in [6.07, 6.45) is 1.52. The number of ether oxygens (including phenoxy) is 3. The summed E-state index contributed by atoms with van der Waals surface area (Å²) in [5.74, 6) is 1.22. The summed E-state index contributed by atoms with van der Waals surface area (Å²) in [6.45, 7) is 3.12. The summed E-state index contributed by atoms with van der Waals surface area (Å²) in [7, 11) is 3.17. The molecule has 1 unspecified atom stereocenters. The Bertz CT molecular complexity index is 1210. The molecule has 5 rings (SSSR count). The maximum Gasteiger partial charge on any atom is 0.414 e. The first-order valence-corrected chi connectivity index (χ1v) is 11.6. The molecule has 0 radical (unpaired) electrons. The van der Waals surface area contributed by atoms with E-state index in [0.717, 1.165) is 54.0 Å². The molecule has 1 aromatic heterocycles. The number of benzene rings is 2. The molecule has 0 spiro atoms. The van der Waals surface area contributed by atoms with E-state index in [4.69, 9.17) is 26.4 Å². The van der Waals surface area contributed by atoms with E-state index in [9.17, 15) is 4.79 Å². The lowest BCUT2D eigenvalue weighted by atomic mass is 10.0. The molecule has 2 saturated heterocycles. The SMILES string of the molecule is COc1ccc(N2CC(CN3CCC(n4c(=S)[nH]c5ccccc54)CC3)OC2=O)cc1OC. The first-order chi connectivity index (χ1) is 16.1. The smallest absolute Gasteiger partial charge is 0.414 e. The molecule has 0 aliphatic carbocycles. The van der Waals surface area contributed by atoms with Crippen molar-refractivity contribution in [2.24, 2.45) is 0 Å². The van der Waals surface area contributed by atoms with Crippen molar-refractivity contribution < 1.29 is 19.0 Å². The second-order valence-electron chi connectivity index (χ2n) is 8.50. The van der Waals surface area contributed by atoms with E-state index in [1.807, 2.05) is 12.1 Å². The molecule has 1 N–H and O–H groups in total. The number of imidazole rings is 1. The van der Waals surface area contributed by atoms with Crippen LogP contribution in [0.1, 0.15) is 18.9 Å². The molecule has 3 aromatic rings. The van der Waals surface area contributed by atoms with Crippen LogP contribution in [0.25, 0.3) is 11.0 Å². The molecule has 0 saturated carbocycles. The summed E-state index contributed by atoms with van der Waals surface area (Å²) < 4.78 is 19.4. The monoisotopic (exact) mass is 468 g/mol. The molecule has 1 atom stereocenters.